The zero-order valence-electron chi connectivity index (χ0n) is 9.07. The molecule has 0 bridgehead atoms. The summed E-state index contributed by atoms with van der Waals surface area (Å²) < 4.78 is 33.9. The molecule has 0 saturated carbocycles. The molecule has 17 heavy (non-hydrogen) atoms. The van der Waals surface area contributed by atoms with E-state index in [9.17, 15) is 13.6 Å². The third kappa shape index (κ3) is 3.29. The Morgan fingerprint density at radius 2 is 2.35 bits per heavy atom. The number of hydrogen-bond acceptors (Lipinski definition) is 5. The molecule has 1 fully saturated rings. The van der Waals surface area contributed by atoms with Crippen LogP contribution in [0.5, 0.6) is 0 Å². The van der Waals surface area contributed by atoms with Crippen LogP contribution in [0.3, 0.4) is 0 Å². The smallest absolute Gasteiger partial charge is 0.296 e. The topological polar surface area (TPSA) is 65.2 Å². The molecule has 0 aromatic carbocycles. The van der Waals surface area contributed by atoms with Crippen LogP contribution in [-0.4, -0.2) is 35.6 Å². The lowest BCUT2D eigenvalue weighted by Gasteiger charge is -2.00. The maximum atomic E-state index is 12.0. The lowest BCUT2D eigenvalue weighted by atomic mass is 10.1. The van der Waals surface area contributed by atoms with Crippen LogP contribution < -0.4 is 0 Å². The number of rotatable bonds is 5. The average molecular weight is 246 g/mol. The van der Waals surface area contributed by atoms with Crippen LogP contribution in [-0.2, 0) is 22.4 Å². The predicted molar refractivity (Wildman–Crippen MR) is 51.6 cm³/mol. The summed E-state index contributed by atoms with van der Waals surface area (Å²) in [4.78, 5) is 14.7. The number of nitrogens with zero attached hydrogens (tertiary/aromatic N) is 2. The number of ether oxygens (including phenoxy) is 1. The second-order valence-corrected chi connectivity index (χ2v) is 3.98. The molecule has 1 aromatic rings. The molecule has 1 aliphatic rings. The third-order valence-corrected chi connectivity index (χ3v) is 2.57. The van der Waals surface area contributed by atoms with E-state index >= 15 is 0 Å². The molecule has 2 rings (SSSR count). The van der Waals surface area contributed by atoms with Crippen LogP contribution in [0.25, 0.3) is 0 Å². The molecule has 1 aromatic heterocycles. The first-order chi connectivity index (χ1) is 8.15. The highest BCUT2D eigenvalue weighted by atomic mass is 19.3. The summed E-state index contributed by atoms with van der Waals surface area (Å²) in [6, 6.07) is 0. The summed E-state index contributed by atoms with van der Waals surface area (Å²) >= 11 is 0. The monoisotopic (exact) mass is 246 g/mol. The molecular weight excluding hydrogens is 234 g/mol. The Hall–Kier alpha value is -1.37. The Bertz CT molecular complexity index is 389. The normalized spacial score (nSPS) is 20.1. The Balaban J connectivity index is 1.89. The maximum absolute atomic E-state index is 12.0. The molecule has 0 aliphatic carbocycles. The van der Waals surface area contributed by atoms with Gasteiger partial charge in [-0.15, -0.1) is 0 Å². The van der Waals surface area contributed by atoms with Crippen molar-refractivity contribution >= 4 is 5.78 Å². The lowest BCUT2D eigenvalue weighted by molar-refractivity contribution is -0.129. The van der Waals surface area contributed by atoms with Gasteiger partial charge in [0.1, 0.15) is 0 Å². The van der Waals surface area contributed by atoms with Crippen molar-refractivity contribution in [2.75, 3.05) is 13.2 Å². The molecule has 5 nitrogen and oxygen atoms in total. The maximum Gasteiger partial charge on any atom is 0.296 e. The molecule has 7 heteroatoms. The van der Waals surface area contributed by atoms with Gasteiger partial charge in [-0.1, -0.05) is 5.16 Å². The second-order valence-electron chi connectivity index (χ2n) is 3.98. The Kier molecular flexibility index (Phi) is 3.78. The van der Waals surface area contributed by atoms with Gasteiger partial charge in [-0.05, 0) is 12.3 Å². The van der Waals surface area contributed by atoms with E-state index in [1.165, 1.54) is 0 Å². The molecule has 1 aliphatic heterocycles. The molecule has 0 amide bonds. The standard InChI is InChI=1S/C10H12F2N2O3/c11-10(12)7(15)4-9-13-8(14-17-9)3-6-1-2-16-5-6/h6,10H,1-5H2. The number of carbonyl (C=O) groups excluding carboxylic acids is 1. The summed E-state index contributed by atoms with van der Waals surface area (Å²) in [6.07, 6.45) is -1.98. The zero-order valence-corrected chi connectivity index (χ0v) is 9.07. The van der Waals surface area contributed by atoms with E-state index in [-0.39, 0.29) is 5.89 Å². The van der Waals surface area contributed by atoms with Gasteiger partial charge in [0.2, 0.25) is 11.7 Å². The van der Waals surface area contributed by atoms with E-state index in [0.717, 1.165) is 13.0 Å². The fourth-order valence-corrected chi connectivity index (χ4v) is 1.67. The first-order valence-corrected chi connectivity index (χ1v) is 5.35. The van der Waals surface area contributed by atoms with Crippen LogP contribution in [0.1, 0.15) is 18.1 Å². The van der Waals surface area contributed by atoms with Gasteiger partial charge in [0.05, 0.1) is 6.42 Å². The Labute approximate surface area is 96.1 Å². The summed E-state index contributed by atoms with van der Waals surface area (Å²) in [5.74, 6) is -0.475. The van der Waals surface area contributed by atoms with Crippen LogP contribution in [0, 0.1) is 5.92 Å². The molecule has 0 radical (unpaired) electrons. The van der Waals surface area contributed by atoms with Crippen molar-refractivity contribution in [3.05, 3.63) is 11.7 Å². The quantitative estimate of drug-likeness (QED) is 0.776. The minimum atomic E-state index is -2.99. The van der Waals surface area contributed by atoms with Crippen LogP contribution in [0.2, 0.25) is 0 Å². The van der Waals surface area contributed by atoms with Gasteiger partial charge >= 0.3 is 0 Å². The number of hydrogen-bond donors (Lipinski definition) is 0. The highest BCUT2D eigenvalue weighted by molar-refractivity contribution is 5.82. The summed E-state index contributed by atoms with van der Waals surface area (Å²) in [6.45, 7) is 1.37. The number of alkyl halides is 2. The van der Waals surface area contributed by atoms with Crippen molar-refractivity contribution in [3.63, 3.8) is 0 Å². The van der Waals surface area contributed by atoms with Crippen molar-refractivity contribution in [2.24, 2.45) is 5.92 Å². The summed E-state index contributed by atoms with van der Waals surface area (Å²) in [5, 5.41) is 3.65. The largest absolute Gasteiger partial charge is 0.381 e. The van der Waals surface area contributed by atoms with Gasteiger partial charge in [-0.2, -0.15) is 4.98 Å². The van der Waals surface area contributed by atoms with Crippen molar-refractivity contribution in [1.29, 1.82) is 0 Å². The molecule has 94 valence electrons. The van der Waals surface area contributed by atoms with E-state index in [4.69, 9.17) is 9.26 Å². The van der Waals surface area contributed by atoms with Crippen LogP contribution >= 0.6 is 0 Å². The molecule has 0 spiro atoms. The lowest BCUT2D eigenvalue weighted by Crippen LogP contribution is -2.13. The van der Waals surface area contributed by atoms with E-state index in [0.29, 0.717) is 24.8 Å². The first kappa shape index (κ1) is 12.1. The van der Waals surface area contributed by atoms with Gasteiger partial charge in [-0.25, -0.2) is 8.78 Å². The van der Waals surface area contributed by atoms with Crippen molar-refractivity contribution in [2.45, 2.75) is 25.7 Å². The summed E-state index contributed by atoms with van der Waals surface area (Å²) in [7, 11) is 0. The summed E-state index contributed by atoms with van der Waals surface area (Å²) in [5.41, 5.74) is 0. The first-order valence-electron chi connectivity index (χ1n) is 5.35. The van der Waals surface area contributed by atoms with Crippen molar-refractivity contribution < 1.29 is 22.8 Å². The van der Waals surface area contributed by atoms with Gasteiger partial charge in [-0.3, -0.25) is 4.79 Å². The van der Waals surface area contributed by atoms with E-state index < -0.39 is 18.6 Å². The van der Waals surface area contributed by atoms with E-state index in [2.05, 4.69) is 10.1 Å². The van der Waals surface area contributed by atoms with Crippen molar-refractivity contribution in [3.8, 4) is 0 Å². The number of ketones is 1. The number of Topliss-reactive ketones (excluding diaryl/α,β-unsaturated/α-hetero) is 1. The zero-order chi connectivity index (χ0) is 12.3. The van der Waals surface area contributed by atoms with Gasteiger partial charge in [0, 0.05) is 19.6 Å². The van der Waals surface area contributed by atoms with Gasteiger partial charge in [0.25, 0.3) is 6.43 Å². The predicted octanol–water partition coefficient (Wildman–Crippen LogP) is 1.03. The van der Waals surface area contributed by atoms with E-state index in [1.807, 2.05) is 0 Å². The number of aromatic nitrogens is 2. The number of carbonyl (C=O) groups is 1. The Morgan fingerprint density at radius 1 is 1.53 bits per heavy atom. The SMILES string of the molecule is O=C(Cc1nc(CC2CCOC2)no1)C(F)F. The molecule has 1 atom stereocenters. The van der Waals surface area contributed by atoms with Gasteiger partial charge < -0.3 is 9.26 Å². The van der Waals surface area contributed by atoms with Crippen molar-refractivity contribution in [1.82, 2.24) is 10.1 Å². The third-order valence-electron chi connectivity index (χ3n) is 2.57. The molecular formula is C10H12F2N2O3. The van der Waals surface area contributed by atoms with Crippen LogP contribution in [0.4, 0.5) is 8.78 Å². The fraction of sp³-hybridized carbons (Fsp3) is 0.700. The highest BCUT2D eigenvalue weighted by Gasteiger charge is 2.22. The fourth-order valence-electron chi connectivity index (χ4n) is 1.67. The number of halogens is 2. The Morgan fingerprint density at radius 3 is 3.00 bits per heavy atom. The molecule has 2 heterocycles. The van der Waals surface area contributed by atoms with Crippen LogP contribution in [0.15, 0.2) is 4.52 Å². The highest BCUT2D eigenvalue weighted by Crippen LogP contribution is 2.16. The second kappa shape index (κ2) is 5.31. The van der Waals surface area contributed by atoms with E-state index in [1.54, 1.807) is 0 Å². The average Bonchev–Trinajstić information content (AvgIpc) is 2.91. The van der Waals surface area contributed by atoms with Gasteiger partial charge in [0.15, 0.2) is 5.82 Å². The molecule has 1 unspecified atom stereocenters. The molecule has 1 saturated heterocycles. The minimum absolute atomic E-state index is 0.0517. The molecule has 0 N–H and O–H groups in total. The minimum Gasteiger partial charge on any atom is -0.381 e.